The van der Waals surface area contributed by atoms with Gasteiger partial charge in [0.05, 0.1) is 15.4 Å². The predicted molar refractivity (Wildman–Crippen MR) is 53.2 cm³/mol. The fourth-order valence-corrected chi connectivity index (χ4v) is 1.98. The highest BCUT2D eigenvalue weighted by atomic mass is 32.2. The third-order valence-electron chi connectivity index (χ3n) is 1.80. The van der Waals surface area contributed by atoms with Crippen LogP contribution in [0.5, 0.6) is 0 Å². The van der Waals surface area contributed by atoms with Crippen LogP contribution in [0, 0.1) is 10.1 Å². The van der Waals surface area contributed by atoms with E-state index in [9.17, 15) is 23.3 Å². The van der Waals surface area contributed by atoms with Crippen molar-refractivity contribution in [3.63, 3.8) is 0 Å². The van der Waals surface area contributed by atoms with E-state index in [1.807, 2.05) is 0 Å². The molecule has 0 heterocycles. The Morgan fingerprint density at radius 3 is 2.38 bits per heavy atom. The molecule has 0 spiro atoms. The SMILES string of the molecule is CS(=O)(=O)c1ccc([N+](=O)[O-])cc1C(=O)O. The van der Waals surface area contributed by atoms with Crippen molar-refractivity contribution < 1.29 is 23.2 Å². The number of carboxylic acids is 1. The van der Waals surface area contributed by atoms with Gasteiger partial charge in [0.1, 0.15) is 0 Å². The van der Waals surface area contributed by atoms with Crippen molar-refractivity contribution in [2.75, 3.05) is 6.26 Å². The van der Waals surface area contributed by atoms with Gasteiger partial charge in [-0.15, -0.1) is 0 Å². The molecule has 16 heavy (non-hydrogen) atoms. The third-order valence-corrected chi connectivity index (χ3v) is 2.96. The van der Waals surface area contributed by atoms with Crippen LogP contribution in [0.25, 0.3) is 0 Å². The monoisotopic (exact) mass is 245 g/mol. The van der Waals surface area contributed by atoms with Crippen molar-refractivity contribution in [3.8, 4) is 0 Å². The average Bonchev–Trinajstić information content (AvgIpc) is 2.15. The van der Waals surface area contributed by atoms with E-state index in [1.54, 1.807) is 0 Å². The second-order valence-electron chi connectivity index (χ2n) is 3.01. The molecule has 0 aliphatic carbocycles. The van der Waals surface area contributed by atoms with Crippen molar-refractivity contribution in [1.82, 2.24) is 0 Å². The zero-order chi connectivity index (χ0) is 12.5. The lowest BCUT2D eigenvalue weighted by Gasteiger charge is -2.03. The second kappa shape index (κ2) is 3.89. The minimum Gasteiger partial charge on any atom is -0.478 e. The summed E-state index contributed by atoms with van der Waals surface area (Å²) in [6, 6.07) is 2.58. The van der Waals surface area contributed by atoms with E-state index in [-0.39, 0.29) is 0 Å². The van der Waals surface area contributed by atoms with Crippen molar-refractivity contribution in [3.05, 3.63) is 33.9 Å². The van der Waals surface area contributed by atoms with E-state index >= 15 is 0 Å². The number of carbonyl (C=O) groups is 1. The first kappa shape index (κ1) is 12.1. The number of nitrogens with zero attached hydrogens (tertiary/aromatic N) is 1. The zero-order valence-electron chi connectivity index (χ0n) is 8.08. The van der Waals surface area contributed by atoms with Crippen LogP contribution >= 0.6 is 0 Å². The molecule has 0 saturated heterocycles. The maximum atomic E-state index is 11.2. The Kier molecular flexibility index (Phi) is 2.95. The van der Waals surface area contributed by atoms with Crippen LogP contribution in [-0.4, -0.2) is 30.7 Å². The van der Waals surface area contributed by atoms with E-state index < -0.39 is 36.9 Å². The largest absolute Gasteiger partial charge is 0.478 e. The van der Waals surface area contributed by atoms with Crippen LogP contribution in [0.1, 0.15) is 10.4 Å². The van der Waals surface area contributed by atoms with Gasteiger partial charge in [-0.25, -0.2) is 13.2 Å². The predicted octanol–water partition coefficient (Wildman–Crippen LogP) is 0.697. The molecule has 1 aromatic rings. The second-order valence-corrected chi connectivity index (χ2v) is 5.00. The summed E-state index contributed by atoms with van der Waals surface area (Å²) in [5.41, 5.74) is -1.07. The molecule has 8 heteroatoms. The standard InChI is InChI=1S/C8H7NO6S/c1-16(14,15)7-3-2-5(9(12)13)4-6(7)8(10)11/h2-4H,1H3,(H,10,11). The lowest BCUT2D eigenvalue weighted by atomic mass is 10.2. The smallest absolute Gasteiger partial charge is 0.337 e. The van der Waals surface area contributed by atoms with Gasteiger partial charge < -0.3 is 5.11 Å². The molecular weight excluding hydrogens is 238 g/mol. The maximum Gasteiger partial charge on any atom is 0.337 e. The summed E-state index contributed by atoms with van der Waals surface area (Å²) in [4.78, 5) is 19.9. The lowest BCUT2D eigenvalue weighted by Crippen LogP contribution is -2.08. The normalized spacial score (nSPS) is 11.1. The first-order valence-electron chi connectivity index (χ1n) is 3.95. The van der Waals surface area contributed by atoms with Crippen LogP contribution in [0.15, 0.2) is 23.1 Å². The highest BCUT2D eigenvalue weighted by molar-refractivity contribution is 7.90. The van der Waals surface area contributed by atoms with Crippen LogP contribution in [0.4, 0.5) is 5.69 Å². The molecule has 86 valence electrons. The Morgan fingerprint density at radius 1 is 1.44 bits per heavy atom. The summed E-state index contributed by atoms with van der Waals surface area (Å²) in [7, 11) is -3.72. The average molecular weight is 245 g/mol. The number of hydrogen-bond acceptors (Lipinski definition) is 5. The summed E-state index contributed by atoms with van der Waals surface area (Å²) in [5.74, 6) is -1.52. The molecule has 0 atom stereocenters. The number of hydrogen-bond donors (Lipinski definition) is 1. The molecule has 0 radical (unpaired) electrons. The number of aromatic carboxylic acids is 1. The summed E-state index contributed by atoms with van der Waals surface area (Å²) < 4.78 is 22.4. The highest BCUT2D eigenvalue weighted by Gasteiger charge is 2.21. The van der Waals surface area contributed by atoms with E-state index in [0.717, 1.165) is 24.5 Å². The van der Waals surface area contributed by atoms with E-state index in [4.69, 9.17) is 5.11 Å². The maximum absolute atomic E-state index is 11.2. The minimum absolute atomic E-state index is 0.439. The van der Waals surface area contributed by atoms with Crippen molar-refractivity contribution in [1.29, 1.82) is 0 Å². The van der Waals surface area contributed by atoms with Gasteiger partial charge in [0, 0.05) is 18.4 Å². The topological polar surface area (TPSA) is 115 Å². The van der Waals surface area contributed by atoms with Crippen LogP contribution in [0.2, 0.25) is 0 Å². The Balaban J connectivity index is 3.55. The molecule has 0 amide bonds. The van der Waals surface area contributed by atoms with Crippen LogP contribution in [-0.2, 0) is 9.84 Å². The van der Waals surface area contributed by atoms with Crippen LogP contribution < -0.4 is 0 Å². The molecule has 0 saturated carbocycles. The van der Waals surface area contributed by atoms with Gasteiger partial charge in [-0.05, 0) is 6.07 Å². The van der Waals surface area contributed by atoms with Crippen molar-refractivity contribution in [2.45, 2.75) is 4.90 Å². The van der Waals surface area contributed by atoms with Gasteiger partial charge in [-0.3, -0.25) is 10.1 Å². The van der Waals surface area contributed by atoms with E-state index in [1.165, 1.54) is 0 Å². The highest BCUT2D eigenvalue weighted by Crippen LogP contribution is 2.21. The van der Waals surface area contributed by atoms with Gasteiger partial charge >= 0.3 is 5.97 Å². The Bertz CT molecular complexity index is 562. The molecule has 1 aromatic carbocycles. The number of sulfone groups is 1. The van der Waals surface area contributed by atoms with Crippen molar-refractivity contribution >= 4 is 21.5 Å². The van der Waals surface area contributed by atoms with E-state index in [2.05, 4.69) is 0 Å². The minimum atomic E-state index is -3.72. The number of benzene rings is 1. The van der Waals surface area contributed by atoms with Gasteiger partial charge in [-0.2, -0.15) is 0 Å². The van der Waals surface area contributed by atoms with Crippen LogP contribution in [0.3, 0.4) is 0 Å². The number of nitro groups is 1. The Morgan fingerprint density at radius 2 is 2.00 bits per heavy atom. The fourth-order valence-electron chi connectivity index (χ4n) is 1.12. The summed E-state index contributed by atoms with van der Waals surface area (Å²) >= 11 is 0. The molecular formula is C8H7NO6S. The first-order chi connectivity index (χ1) is 7.23. The molecule has 1 N–H and O–H groups in total. The molecule has 0 aromatic heterocycles. The fraction of sp³-hybridized carbons (Fsp3) is 0.125. The molecule has 0 aliphatic rings. The van der Waals surface area contributed by atoms with Crippen molar-refractivity contribution in [2.24, 2.45) is 0 Å². The number of rotatable bonds is 3. The first-order valence-corrected chi connectivity index (χ1v) is 5.84. The van der Waals surface area contributed by atoms with Gasteiger partial charge in [-0.1, -0.05) is 0 Å². The molecule has 0 bridgehead atoms. The van der Waals surface area contributed by atoms with Gasteiger partial charge in [0.2, 0.25) is 0 Å². The molecule has 0 fully saturated rings. The molecule has 0 aliphatic heterocycles. The number of nitro benzene ring substituents is 1. The zero-order valence-corrected chi connectivity index (χ0v) is 8.89. The lowest BCUT2D eigenvalue weighted by molar-refractivity contribution is -0.384. The Hall–Kier alpha value is -1.96. The molecule has 7 nitrogen and oxygen atoms in total. The summed E-state index contributed by atoms with van der Waals surface area (Å²) in [6.07, 6.45) is 0.834. The number of carboxylic acid groups (broad SMARTS) is 1. The quantitative estimate of drug-likeness (QED) is 0.619. The summed E-state index contributed by atoms with van der Waals surface area (Å²) in [5, 5.41) is 19.1. The van der Waals surface area contributed by atoms with Gasteiger partial charge in [0.25, 0.3) is 5.69 Å². The Labute approximate surface area is 90.4 Å². The summed E-state index contributed by atoms with van der Waals surface area (Å²) in [6.45, 7) is 0. The third kappa shape index (κ3) is 2.34. The molecule has 1 rings (SSSR count). The van der Waals surface area contributed by atoms with Gasteiger partial charge in [0.15, 0.2) is 9.84 Å². The number of non-ortho nitro benzene ring substituents is 1. The van der Waals surface area contributed by atoms with E-state index in [0.29, 0.717) is 0 Å². The molecule has 0 unspecified atom stereocenters.